The minimum absolute atomic E-state index is 0.115. The molecule has 3 heterocycles. The molecule has 40 heavy (non-hydrogen) atoms. The fraction of sp³-hybridized carbons (Fsp3) is 0.577. The maximum atomic E-state index is 12.5. The van der Waals surface area contributed by atoms with Crippen LogP contribution in [0.25, 0.3) is 10.8 Å². The molecule has 3 aliphatic heterocycles. The summed E-state index contributed by atoms with van der Waals surface area (Å²) in [7, 11) is 1.45. The van der Waals surface area contributed by atoms with Gasteiger partial charge in [-0.25, -0.2) is 4.79 Å². The van der Waals surface area contributed by atoms with Gasteiger partial charge < -0.3 is 64.2 Å². The molecule has 2 saturated heterocycles. The molecule has 11 atom stereocenters. The first kappa shape index (κ1) is 28.9. The molecule has 3 aliphatic rings. The molecule has 0 unspecified atom stereocenters. The molecule has 14 nitrogen and oxygen atoms in total. The molecule has 220 valence electrons. The number of benzene rings is 2. The number of carbonyl (C=O) groups is 1. The fourth-order valence-electron chi connectivity index (χ4n) is 5.21. The van der Waals surface area contributed by atoms with E-state index in [0.717, 1.165) is 0 Å². The van der Waals surface area contributed by atoms with Crippen LogP contribution in [0.1, 0.15) is 28.9 Å². The van der Waals surface area contributed by atoms with Crippen molar-refractivity contribution in [2.75, 3.05) is 20.3 Å². The van der Waals surface area contributed by atoms with Crippen molar-refractivity contribution < 1.29 is 69.0 Å². The third-order valence-electron chi connectivity index (χ3n) is 7.43. The summed E-state index contributed by atoms with van der Waals surface area (Å²) in [6, 6.07) is 6.77. The summed E-state index contributed by atoms with van der Waals surface area (Å²) in [6.45, 7) is 0.450. The molecule has 0 amide bonds. The number of cyclic esters (lactones) is 1. The van der Waals surface area contributed by atoms with Gasteiger partial charge in [-0.05, 0) is 24.4 Å². The Labute approximate surface area is 227 Å². The number of fused-ring (bicyclic) bond motifs is 2. The van der Waals surface area contributed by atoms with E-state index in [1.165, 1.54) is 7.11 Å². The van der Waals surface area contributed by atoms with Gasteiger partial charge in [0.25, 0.3) is 0 Å². The van der Waals surface area contributed by atoms with Crippen LogP contribution in [0.5, 0.6) is 11.5 Å². The molecule has 7 N–H and O–H groups in total. The summed E-state index contributed by atoms with van der Waals surface area (Å²) in [5.41, 5.74) is 0.629. The van der Waals surface area contributed by atoms with Gasteiger partial charge in [0, 0.05) is 5.56 Å². The number of ether oxygens (including phenoxy) is 6. The van der Waals surface area contributed by atoms with E-state index in [-0.39, 0.29) is 11.3 Å². The third-order valence-corrected chi connectivity index (χ3v) is 7.43. The lowest BCUT2D eigenvalue weighted by atomic mass is 9.96. The zero-order valence-electron chi connectivity index (χ0n) is 21.6. The Morgan fingerprint density at radius 1 is 0.875 bits per heavy atom. The number of hydrogen-bond donors (Lipinski definition) is 7. The van der Waals surface area contributed by atoms with E-state index >= 15 is 0 Å². The van der Waals surface area contributed by atoms with E-state index < -0.39 is 86.7 Å². The Kier molecular flexibility index (Phi) is 8.18. The molecule has 0 bridgehead atoms. The van der Waals surface area contributed by atoms with Crippen molar-refractivity contribution in [3.63, 3.8) is 0 Å². The normalized spacial score (nSPS) is 37.7. The zero-order chi connectivity index (χ0) is 28.9. The first-order valence-electron chi connectivity index (χ1n) is 12.7. The van der Waals surface area contributed by atoms with Crippen LogP contribution in [0.2, 0.25) is 0 Å². The van der Waals surface area contributed by atoms with Gasteiger partial charge in [-0.3, -0.25) is 0 Å². The van der Waals surface area contributed by atoms with E-state index in [9.17, 15) is 40.5 Å². The van der Waals surface area contributed by atoms with Gasteiger partial charge in [0.2, 0.25) is 6.29 Å². The molecule has 2 aromatic rings. The summed E-state index contributed by atoms with van der Waals surface area (Å²) in [5, 5.41) is 72.5. The molecule has 5 rings (SSSR count). The highest BCUT2D eigenvalue weighted by molar-refractivity contribution is 6.04. The standard InChI is InChI=1S/C26H32O14/c1-9-15-11(24(34)37-9)6-10-4-3-5-12(35-2)16(10)23(15)40-26-22(33)20(31)18(29)14(39-26)8-36-25-21(32)19(30)17(28)13(7-27)38-25/h3-6,9,13-14,17-22,25-33H,7-8H2,1-2H3/t9-,13+,14+,17+,18+,19-,20-,21+,22+,25-,26+/m0/s1. The van der Waals surface area contributed by atoms with E-state index in [2.05, 4.69) is 0 Å². The van der Waals surface area contributed by atoms with Gasteiger partial charge in [0.15, 0.2) is 6.29 Å². The monoisotopic (exact) mass is 568 g/mol. The van der Waals surface area contributed by atoms with Crippen molar-refractivity contribution in [2.45, 2.75) is 74.4 Å². The van der Waals surface area contributed by atoms with Crippen molar-refractivity contribution >= 4 is 16.7 Å². The fourth-order valence-corrected chi connectivity index (χ4v) is 5.21. The van der Waals surface area contributed by atoms with Crippen LogP contribution in [-0.2, 0) is 18.9 Å². The van der Waals surface area contributed by atoms with Gasteiger partial charge >= 0.3 is 5.97 Å². The van der Waals surface area contributed by atoms with Crippen LogP contribution in [0.15, 0.2) is 24.3 Å². The number of carbonyl (C=O) groups excluding carboxylic acids is 1. The van der Waals surface area contributed by atoms with Crippen molar-refractivity contribution in [1.82, 2.24) is 0 Å². The molecule has 0 saturated carbocycles. The second-order valence-electron chi connectivity index (χ2n) is 9.94. The topological polar surface area (TPSA) is 214 Å². The summed E-state index contributed by atoms with van der Waals surface area (Å²) in [6.07, 6.45) is -16.5. The smallest absolute Gasteiger partial charge is 0.339 e. The van der Waals surface area contributed by atoms with Crippen LogP contribution >= 0.6 is 0 Å². The molecule has 0 radical (unpaired) electrons. The lowest BCUT2D eigenvalue weighted by Crippen LogP contribution is -2.62. The second-order valence-corrected chi connectivity index (χ2v) is 9.94. The van der Waals surface area contributed by atoms with Crippen LogP contribution in [0.3, 0.4) is 0 Å². The Morgan fingerprint density at radius 3 is 2.20 bits per heavy atom. The zero-order valence-corrected chi connectivity index (χ0v) is 21.6. The van der Waals surface area contributed by atoms with Crippen molar-refractivity contribution in [2.24, 2.45) is 0 Å². The first-order chi connectivity index (χ1) is 19.1. The number of esters is 1. The molecular formula is C26H32O14. The van der Waals surface area contributed by atoms with Crippen LogP contribution in [0.4, 0.5) is 0 Å². The second kappa shape index (κ2) is 11.3. The SMILES string of the molecule is COc1cccc2cc3c(c(O[C@H]4O[C@H](CO[C@H]5O[C@H](CO)[C@@H](O)[C@H](O)[C@H]5O)[C@@H](O)[C@H](O)[C@H]4O)c12)[C@H](C)OC3=O. The quantitative estimate of drug-likeness (QED) is 0.182. The lowest BCUT2D eigenvalue weighted by molar-refractivity contribution is -0.323. The van der Waals surface area contributed by atoms with Crippen LogP contribution in [-0.4, -0.2) is 123 Å². The van der Waals surface area contributed by atoms with Gasteiger partial charge in [-0.1, -0.05) is 12.1 Å². The minimum atomic E-state index is -1.76. The first-order valence-corrected chi connectivity index (χ1v) is 12.7. The third kappa shape index (κ3) is 4.90. The molecular weight excluding hydrogens is 536 g/mol. The molecule has 0 spiro atoms. The highest BCUT2D eigenvalue weighted by Crippen LogP contribution is 2.46. The minimum Gasteiger partial charge on any atom is -0.496 e. The Balaban J connectivity index is 1.42. The Hall–Kier alpha value is -2.63. The largest absolute Gasteiger partial charge is 0.496 e. The maximum Gasteiger partial charge on any atom is 0.339 e. The number of hydrogen-bond acceptors (Lipinski definition) is 14. The Morgan fingerprint density at radius 2 is 1.52 bits per heavy atom. The summed E-state index contributed by atoms with van der Waals surface area (Å²) >= 11 is 0. The van der Waals surface area contributed by atoms with E-state index in [1.807, 2.05) is 0 Å². The highest BCUT2D eigenvalue weighted by Gasteiger charge is 2.48. The number of rotatable bonds is 7. The van der Waals surface area contributed by atoms with E-state index in [0.29, 0.717) is 22.1 Å². The Bertz CT molecular complexity index is 1240. The lowest BCUT2D eigenvalue weighted by Gasteiger charge is -2.42. The molecule has 0 aromatic heterocycles. The van der Waals surface area contributed by atoms with E-state index in [4.69, 9.17) is 28.4 Å². The van der Waals surface area contributed by atoms with Gasteiger partial charge in [0.1, 0.15) is 66.4 Å². The number of methoxy groups -OCH3 is 1. The predicted molar refractivity (Wildman–Crippen MR) is 131 cm³/mol. The number of aliphatic hydroxyl groups excluding tert-OH is 7. The number of aliphatic hydroxyl groups is 7. The van der Waals surface area contributed by atoms with E-state index in [1.54, 1.807) is 31.2 Å². The maximum absolute atomic E-state index is 12.5. The summed E-state index contributed by atoms with van der Waals surface area (Å²) < 4.78 is 33.6. The van der Waals surface area contributed by atoms with Gasteiger partial charge in [-0.15, -0.1) is 0 Å². The molecule has 2 aromatic carbocycles. The van der Waals surface area contributed by atoms with Gasteiger partial charge in [0.05, 0.1) is 31.3 Å². The molecule has 0 aliphatic carbocycles. The van der Waals surface area contributed by atoms with Crippen LogP contribution in [0, 0.1) is 0 Å². The summed E-state index contributed by atoms with van der Waals surface area (Å²) in [4.78, 5) is 12.5. The predicted octanol–water partition coefficient (Wildman–Crippen LogP) is -1.92. The van der Waals surface area contributed by atoms with Crippen molar-refractivity contribution in [3.05, 3.63) is 35.4 Å². The highest BCUT2D eigenvalue weighted by atomic mass is 16.7. The average Bonchev–Trinajstić information content (AvgIpc) is 3.23. The van der Waals surface area contributed by atoms with Crippen molar-refractivity contribution in [3.8, 4) is 11.5 Å². The molecule has 2 fully saturated rings. The molecule has 14 heteroatoms. The van der Waals surface area contributed by atoms with Crippen LogP contribution < -0.4 is 9.47 Å². The van der Waals surface area contributed by atoms with Crippen molar-refractivity contribution in [1.29, 1.82) is 0 Å². The van der Waals surface area contributed by atoms with Gasteiger partial charge in [-0.2, -0.15) is 0 Å². The summed E-state index contributed by atoms with van der Waals surface area (Å²) in [5.74, 6) is -0.0526. The average molecular weight is 569 g/mol.